The molecule has 0 spiro atoms. The molecule has 0 aliphatic carbocycles. The number of aryl methyl sites for hydroxylation is 1. The van der Waals surface area contributed by atoms with Gasteiger partial charge in [0.2, 0.25) is 15.9 Å². The fourth-order valence-electron chi connectivity index (χ4n) is 2.92. The van der Waals surface area contributed by atoms with Crippen molar-refractivity contribution in [3.63, 3.8) is 0 Å². The molecule has 0 saturated carbocycles. The molecule has 0 aromatic heterocycles. The van der Waals surface area contributed by atoms with E-state index >= 15 is 0 Å². The molecule has 3 N–H and O–H groups in total. The number of nitrogens with one attached hydrogen (secondary N) is 3. The third kappa shape index (κ3) is 6.00. The molecule has 160 valence electrons. The van der Waals surface area contributed by atoms with Crippen molar-refractivity contribution >= 4 is 33.2 Å². The second kappa shape index (κ2) is 9.55. The maximum Gasteiger partial charge on any atom is 0.255 e. The number of hydrogen-bond acceptors (Lipinski definition) is 4. The lowest BCUT2D eigenvalue weighted by molar-refractivity contribution is -0.114. The summed E-state index contributed by atoms with van der Waals surface area (Å²) in [7, 11) is -3.81. The van der Waals surface area contributed by atoms with Crippen molar-refractivity contribution in [2.24, 2.45) is 0 Å². The minimum absolute atomic E-state index is 0.0117. The van der Waals surface area contributed by atoms with Gasteiger partial charge < -0.3 is 10.6 Å². The highest BCUT2D eigenvalue weighted by Gasteiger charge is 2.17. The molecule has 0 fully saturated rings. The molecule has 0 unspecified atom stereocenters. The smallest absolute Gasteiger partial charge is 0.255 e. The molecule has 2 amide bonds. The number of carbonyl (C=O) groups is 2. The van der Waals surface area contributed by atoms with E-state index in [0.717, 1.165) is 11.1 Å². The highest BCUT2D eigenvalue weighted by atomic mass is 32.2. The lowest BCUT2D eigenvalue weighted by Gasteiger charge is -2.13. The van der Waals surface area contributed by atoms with Crippen molar-refractivity contribution in [2.45, 2.75) is 25.3 Å². The number of anilines is 2. The van der Waals surface area contributed by atoms with Crippen LogP contribution in [0, 0.1) is 6.92 Å². The molecule has 3 aromatic carbocycles. The van der Waals surface area contributed by atoms with E-state index in [4.69, 9.17) is 0 Å². The lowest BCUT2D eigenvalue weighted by Crippen LogP contribution is -2.23. The van der Waals surface area contributed by atoms with E-state index in [-0.39, 0.29) is 22.9 Å². The standard InChI is InChI=1S/C23H23N3O4S/c1-16-11-12-21(25-17(2)27)22(13-16)26-23(28)19-9-6-10-20(14-19)31(29,30)24-15-18-7-4-3-5-8-18/h3-14,24H,15H2,1-2H3,(H,25,27)(H,26,28). The molecular formula is C23H23N3O4S. The largest absolute Gasteiger partial charge is 0.325 e. The summed E-state index contributed by atoms with van der Waals surface area (Å²) in [5.74, 6) is -0.755. The first-order valence-corrected chi connectivity index (χ1v) is 11.1. The summed E-state index contributed by atoms with van der Waals surface area (Å²) in [6, 6.07) is 20.2. The van der Waals surface area contributed by atoms with Crippen LogP contribution in [0.4, 0.5) is 11.4 Å². The summed E-state index contributed by atoms with van der Waals surface area (Å²) in [5, 5.41) is 5.41. The zero-order valence-corrected chi connectivity index (χ0v) is 18.0. The summed E-state index contributed by atoms with van der Waals surface area (Å²) >= 11 is 0. The lowest BCUT2D eigenvalue weighted by atomic mass is 10.1. The minimum Gasteiger partial charge on any atom is -0.325 e. The molecule has 0 atom stereocenters. The van der Waals surface area contributed by atoms with Crippen molar-refractivity contribution < 1.29 is 18.0 Å². The zero-order chi connectivity index (χ0) is 22.4. The van der Waals surface area contributed by atoms with Crippen molar-refractivity contribution in [3.8, 4) is 0 Å². The van der Waals surface area contributed by atoms with Gasteiger partial charge in [-0.2, -0.15) is 0 Å². The average Bonchev–Trinajstić information content (AvgIpc) is 2.75. The topological polar surface area (TPSA) is 104 Å². The molecule has 0 radical (unpaired) electrons. The number of rotatable bonds is 7. The van der Waals surface area contributed by atoms with Crippen molar-refractivity contribution in [2.75, 3.05) is 10.6 Å². The third-order valence-corrected chi connectivity index (χ3v) is 5.85. The Morgan fingerprint density at radius 3 is 2.29 bits per heavy atom. The Bertz CT molecular complexity index is 1210. The van der Waals surface area contributed by atoms with Crippen molar-refractivity contribution in [1.82, 2.24) is 4.72 Å². The predicted octanol–water partition coefficient (Wildman–Crippen LogP) is 3.68. The Kier molecular flexibility index (Phi) is 6.84. The fraction of sp³-hybridized carbons (Fsp3) is 0.130. The van der Waals surface area contributed by atoms with Gasteiger partial charge >= 0.3 is 0 Å². The van der Waals surface area contributed by atoms with Gasteiger partial charge in [-0.25, -0.2) is 13.1 Å². The molecule has 8 heteroatoms. The summed E-state index contributed by atoms with van der Waals surface area (Å²) in [5.41, 5.74) is 2.78. The molecule has 3 aromatic rings. The molecule has 31 heavy (non-hydrogen) atoms. The van der Waals surface area contributed by atoms with Gasteiger partial charge in [-0.3, -0.25) is 9.59 Å². The van der Waals surface area contributed by atoms with E-state index in [1.54, 1.807) is 12.1 Å². The van der Waals surface area contributed by atoms with Crippen LogP contribution in [-0.2, 0) is 21.4 Å². The van der Waals surface area contributed by atoms with E-state index in [9.17, 15) is 18.0 Å². The van der Waals surface area contributed by atoms with Crippen LogP contribution in [-0.4, -0.2) is 20.2 Å². The van der Waals surface area contributed by atoms with Gasteiger partial charge in [0.25, 0.3) is 5.91 Å². The van der Waals surface area contributed by atoms with Gasteiger partial charge in [-0.15, -0.1) is 0 Å². The van der Waals surface area contributed by atoms with Crippen LogP contribution in [0.25, 0.3) is 0 Å². The first kappa shape index (κ1) is 22.2. The minimum atomic E-state index is -3.81. The molecule has 0 heterocycles. The predicted molar refractivity (Wildman–Crippen MR) is 120 cm³/mol. The Balaban J connectivity index is 1.79. The number of sulfonamides is 1. The first-order chi connectivity index (χ1) is 14.7. The monoisotopic (exact) mass is 437 g/mol. The van der Waals surface area contributed by atoms with Crippen LogP contribution in [0.1, 0.15) is 28.4 Å². The van der Waals surface area contributed by atoms with Crippen LogP contribution in [0.15, 0.2) is 77.7 Å². The number of benzene rings is 3. The molecule has 0 aliphatic rings. The summed E-state index contributed by atoms with van der Waals surface area (Å²) in [4.78, 5) is 24.2. The maximum atomic E-state index is 12.8. The van der Waals surface area contributed by atoms with E-state index in [0.29, 0.717) is 11.4 Å². The Morgan fingerprint density at radius 1 is 0.839 bits per heavy atom. The molecule has 0 bridgehead atoms. The van der Waals surface area contributed by atoms with Gasteiger partial charge in [0.15, 0.2) is 0 Å². The summed E-state index contributed by atoms with van der Waals surface area (Å²) < 4.78 is 27.9. The average molecular weight is 438 g/mol. The van der Waals surface area contributed by atoms with Crippen LogP contribution in [0.5, 0.6) is 0 Å². The molecule has 3 rings (SSSR count). The third-order valence-electron chi connectivity index (χ3n) is 4.45. The van der Waals surface area contributed by atoms with Crippen LogP contribution in [0.2, 0.25) is 0 Å². The maximum absolute atomic E-state index is 12.8. The second-order valence-corrected chi connectivity index (χ2v) is 8.79. The van der Waals surface area contributed by atoms with E-state index in [1.165, 1.54) is 31.2 Å². The van der Waals surface area contributed by atoms with Gasteiger partial charge in [0.1, 0.15) is 0 Å². The Morgan fingerprint density at radius 2 is 1.58 bits per heavy atom. The second-order valence-electron chi connectivity index (χ2n) is 7.02. The van der Waals surface area contributed by atoms with Crippen LogP contribution in [0.3, 0.4) is 0 Å². The summed E-state index contributed by atoms with van der Waals surface area (Å²) in [6.45, 7) is 3.38. The fourth-order valence-corrected chi connectivity index (χ4v) is 3.98. The normalized spacial score (nSPS) is 11.0. The van der Waals surface area contributed by atoms with Crippen LogP contribution < -0.4 is 15.4 Å². The number of carbonyl (C=O) groups excluding carboxylic acids is 2. The van der Waals surface area contributed by atoms with E-state index in [1.807, 2.05) is 43.3 Å². The summed E-state index contributed by atoms with van der Waals surface area (Å²) in [6.07, 6.45) is 0. The van der Waals surface area contributed by atoms with Gasteiger partial charge in [0.05, 0.1) is 16.3 Å². The van der Waals surface area contributed by atoms with Gasteiger partial charge in [0, 0.05) is 19.0 Å². The SMILES string of the molecule is CC(=O)Nc1ccc(C)cc1NC(=O)c1cccc(S(=O)(=O)NCc2ccccc2)c1. The van der Waals surface area contributed by atoms with Gasteiger partial charge in [-0.05, 0) is 48.4 Å². The van der Waals surface area contributed by atoms with Crippen molar-refractivity contribution in [1.29, 1.82) is 0 Å². The highest BCUT2D eigenvalue weighted by molar-refractivity contribution is 7.89. The highest BCUT2D eigenvalue weighted by Crippen LogP contribution is 2.24. The molecule has 7 nitrogen and oxygen atoms in total. The van der Waals surface area contributed by atoms with Gasteiger partial charge in [-0.1, -0.05) is 42.5 Å². The van der Waals surface area contributed by atoms with E-state index in [2.05, 4.69) is 15.4 Å². The van der Waals surface area contributed by atoms with E-state index < -0.39 is 15.9 Å². The quantitative estimate of drug-likeness (QED) is 0.524. The molecular weight excluding hydrogens is 414 g/mol. The first-order valence-electron chi connectivity index (χ1n) is 9.58. The van der Waals surface area contributed by atoms with Crippen molar-refractivity contribution in [3.05, 3.63) is 89.5 Å². The van der Waals surface area contributed by atoms with Crippen LogP contribution >= 0.6 is 0 Å². The Hall–Kier alpha value is -3.49. The number of hydrogen-bond donors (Lipinski definition) is 3. The zero-order valence-electron chi connectivity index (χ0n) is 17.2. The molecule has 0 saturated heterocycles. The molecule has 0 aliphatic heterocycles. The Labute approximate surface area is 181 Å². The number of amides is 2.